The third kappa shape index (κ3) is 3.01. The van der Waals surface area contributed by atoms with Crippen LogP contribution in [0.25, 0.3) is 0 Å². The zero-order valence-electron chi connectivity index (χ0n) is 7.24. The Hall–Kier alpha value is -0.510. The van der Waals surface area contributed by atoms with Crippen LogP contribution >= 0.6 is 35.6 Å². The van der Waals surface area contributed by atoms with Gasteiger partial charge in [-0.15, -0.1) is 12.4 Å². The van der Waals surface area contributed by atoms with Gasteiger partial charge >= 0.3 is 0 Å². The number of carbonyl (C=O) groups is 1. The van der Waals surface area contributed by atoms with E-state index in [1.54, 1.807) is 6.92 Å². The number of nitrogens with zero attached hydrogens (tertiary/aromatic N) is 1. The molecule has 0 spiro atoms. The van der Waals surface area contributed by atoms with Crippen molar-refractivity contribution < 1.29 is 4.79 Å². The van der Waals surface area contributed by atoms with Crippen molar-refractivity contribution in [3.8, 4) is 0 Å². The number of aromatic nitrogens is 1. The van der Waals surface area contributed by atoms with E-state index >= 15 is 0 Å². The number of halogens is 3. The monoisotopic (exact) mass is 255 g/mol. The van der Waals surface area contributed by atoms with Crippen molar-refractivity contribution in [1.29, 1.82) is 0 Å². The zero-order chi connectivity index (χ0) is 10.0. The van der Waals surface area contributed by atoms with Gasteiger partial charge in [0, 0.05) is 18.5 Å². The van der Waals surface area contributed by atoms with Gasteiger partial charge in [0.15, 0.2) is 5.43 Å². The van der Waals surface area contributed by atoms with Crippen LogP contribution in [0.15, 0.2) is 23.3 Å². The van der Waals surface area contributed by atoms with Crippen molar-refractivity contribution in [2.45, 2.75) is 13.0 Å². The number of rotatable bonds is 2. The number of hydrogen-bond donors (Lipinski definition) is 0. The van der Waals surface area contributed by atoms with Gasteiger partial charge in [-0.3, -0.25) is 9.59 Å². The van der Waals surface area contributed by atoms with Gasteiger partial charge in [-0.1, -0.05) is 11.6 Å². The average molecular weight is 257 g/mol. The Kier molecular flexibility index (Phi) is 5.19. The van der Waals surface area contributed by atoms with E-state index in [-0.39, 0.29) is 22.9 Å². The minimum atomic E-state index is -0.514. The second kappa shape index (κ2) is 5.39. The van der Waals surface area contributed by atoms with Crippen molar-refractivity contribution in [3.63, 3.8) is 0 Å². The maximum Gasteiger partial charge on any atom is 0.244 e. The molecule has 1 aromatic rings. The number of carbonyl (C=O) groups excluding carboxylic acids is 1. The molecule has 0 aliphatic carbocycles. The van der Waals surface area contributed by atoms with Gasteiger partial charge in [-0.25, -0.2) is 0 Å². The summed E-state index contributed by atoms with van der Waals surface area (Å²) in [6, 6.07) is 0.776. The van der Waals surface area contributed by atoms with E-state index in [0.29, 0.717) is 0 Å². The lowest BCUT2D eigenvalue weighted by molar-refractivity contribution is -0.114. The second-order valence-corrected chi connectivity index (χ2v) is 3.36. The molecular formula is C8H8Cl3NO2. The average Bonchev–Trinajstić information content (AvgIpc) is 2.08. The highest BCUT2D eigenvalue weighted by Gasteiger charge is 2.10. The Labute approximate surface area is 97.0 Å². The molecule has 0 amide bonds. The fourth-order valence-electron chi connectivity index (χ4n) is 0.829. The quantitative estimate of drug-likeness (QED) is 0.761. The van der Waals surface area contributed by atoms with E-state index in [0.717, 1.165) is 0 Å². The van der Waals surface area contributed by atoms with Crippen LogP contribution in [0.2, 0.25) is 5.02 Å². The molecule has 1 aromatic heterocycles. The first kappa shape index (κ1) is 13.5. The largest absolute Gasteiger partial charge is 0.341 e. The topological polar surface area (TPSA) is 39.1 Å². The normalized spacial score (nSPS) is 11.6. The Morgan fingerprint density at radius 1 is 1.57 bits per heavy atom. The van der Waals surface area contributed by atoms with E-state index in [4.69, 9.17) is 23.2 Å². The van der Waals surface area contributed by atoms with Gasteiger partial charge in [0.2, 0.25) is 5.24 Å². The van der Waals surface area contributed by atoms with Crippen molar-refractivity contribution >= 4 is 40.9 Å². The third-order valence-electron chi connectivity index (χ3n) is 1.67. The van der Waals surface area contributed by atoms with Crippen molar-refractivity contribution in [3.05, 3.63) is 33.7 Å². The SMILES string of the molecule is C[C@@H](C(=O)Cl)n1ccc(=O)c(Cl)c1.Cl. The summed E-state index contributed by atoms with van der Waals surface area (Å²) in [4.78, 5) is 21.7. The molecule has 0 saturated carbocycles. The third-order valence-corrected chi connectivity index (χ3v) is 2.27. The first-order valence-electron chi connectivity index (χ1n) is 3.59. The highest BCUT2D eigenvalue weighted by Crippen LogP contribution is 2.10. The van der Waals surface area contributed by atoms with Crippen molar-refractivity contribution in [2.75, 3.05) is 0 Å². The summed E-state index contributed by atoms with van der Waals surface area (Å²) in [6.07, 6.45) is 2.86. The lowest BCUT2D eigenvalue weighted by Gasteiger charge is -2.10. The van der Waals surface area contributed by atoms with Crippen LogP contribution in [0.5, 0.6) is 0 Å². The predicted octanol–water partition coefficient (Wildman–Crippen LogP) is 2.25. The van der Waals surface area contributed by atoms with Crippen LogP contribution in [0.4, 0.5) is 0 Å². The summed E-state index contributed by atoms with van der Waals surface area (Å²) in [5.41, 5.74) is -0.271. The summed E-state index contributed by atoms with van der Waals surface area (Å²) in [7, 11) is 0. The maximum atomic E-state index is 10.9. The smallest absolute Gasteiger partial charge is 0.244 e. The van der Waals surface area contributed by atoms with Crippen LogP contribution in [0.3, 0.4) is 0 Å². The van der Waals surface area contributed by atoms with Gasteiger partial charge in [0.05, 0.1) is 0 Å². The summed E-state index contributed by atoms with van der Waals surface area (Å²) in [5, 5.41) is -0.424. The zero-order valence-corrected chi connectivity index (χ0v) is 9.57. The van der Waals surface area contributed by atoms with Crippen LogP contribution in [0, 0.1) is 0 Å². The molecule has 0 radical (unpaired) electrons. The summed E-state index contributed by atoms with van der Waals surface area (Å²) >= 11 is 10.8. The highest BCUT2D eigenvalue weighted by atomic mass is 35.5. The van der Waals surface area contributed by atoms with Crippen molar-refractivity contribution in [1.82, 2.24) is 4.57 Å². The van der Waals surface area contributed by atoms with Crippen LogP contribution < -0.4 is 5.43 Å². The number of pyridine rings is 1. The molecule has 1 heterocycles. The standard InChI is InChI=1S/C8H7Cl2NO2.ClH/c1-5(8(10)13)11-3-2-7(12)6(9)4-11;/h2-5H,1H3;1H/t5-;/m0./s1. The van der Waals surface area contributed by atoms with Crippen LogP contribution in [0.1, 0.15) is 13.0 Å². The minimum Gasteiger partial charge on any atom is -0.341 e. The van der Waals surface area contributed by atoms with Gasteiger partial charge in [0.1, 0.15) is 11.1 Å². The molecule has 0 unspecified atom stereocenters. The van der Waals surface area contributed by atoms with Gasteiger partial charge < -0.3 is 4.57 Å². The molecule has 0 aliphatic heterocycles. The van der Waals surface area contributed by atoms with E-state index in [2.05, 4.69) is 0 Å². The van der Waals surface area contributed by atoms with Crippen LogP contribution in [-0.2, 0) is 4.79 Å². The molecule has 0 aliphatic rings. The Morgan fingerprint density at radius 2 is 2.14 bits per heavy atom. The first-order chi connectivity index (χ1) is 6.02. The predicted molar refractivity (Wildman–Crippen MR) is 58.5 cm³/mol. The molecule has 0 N–H and O–H groups in total. The molecule has 0 fully saturated rings. The number of hydrogen-bond acceptors (Lipinski definition) is 2. The molecule has 0 bridgehead atoms. The summed E-state index contributed by atoms with van der Waals surface area (Å²) in [5.74, 6) is 0. The Balaban J connectivity index is 0.00000169. The highest BCUT2D eigenvalue weighted by molar-refractivity contribution is 6.64. The minimum absolute atomic E-state index is 0. The van der Waals surface area contributed by atoms with Gasteiger partial charge in [0.25, 0.3) is 0 Å². The van der Waals surface area contributed by atoms with Gasteiger partial charge in [-0.05, 0) is 18.5 Å². The molecule has 3 nitrogen and oxygen atoms in total. The Morgan fingerprint density at radius 3 is 2.57 bits per heavy atom. The summed E-state index contributed by atoms with van der Waals surface area (Å²) in [6.45, 7) is 1.62. The lowest BCUT2D eigenvalue weighted by Crippen LogP contribution is -2.14. The molecule has 14 heavy (non-hydrogen) atoms. The first-order valence-corrected chi connectivity index (χ1v) is 4.34. The van der Waals surface area contributed by atoms with Gasteiger partial charge in [-0.2, -0.15) is 0 Å². The molecular weight excluding hydrogens is 248 g/mol. The molecule has 1 atom stereocenters. The van der Waals surface area contributed by atoms with Crippen LogP contribution in [-0.4, -0.2) is 9.81 Å². The molecule has 6 heteroatoms. The molecule has 0 aromatic carbocycles. The van der Waals surface area contributed by atoms with Crippen molar-refractivity contribution in [2.24, 2.45) is 0 Å². The molecule has 0 saturated heterocycles. The van der Waals surface area contributed by atoms with E-state index < -0.39 is 11.3 Å². The Bertz CT molecular complexity index is 388. The maximum absolute atomic E-state index is 10.9. The second-order valence-electron chi connectivity index (χ2n) is 2.58. The van der Waals surface area contributed by atoms with E-state index in [1.165, 1.54) is 23.0 Å². The molecule has 78 valence electrons. The summed E-state index contributed by atoms with van der Waals surface area (Å²) < 4.78 is 1.49. The van der Waals surface area contributed by atoms with E-state index in [1.807, 2.05) is 0 Å². The lowest BCUT2D eigenvalue weighted by atomic mass is 10.3. The van der Waals surface area contributed by atoms with E-state index in [9.17, 15) is 9.59 Å². The fraction of sp³-hybridized carbons (Fsp3) is 0.250. The molecule has 1 rings (SSSR count). The fourth-order valence-corrected chi connectivity index (χ4v) is 1.12.